The fraction of sp³-hybridized carbons (Fsp3) is 0. The number of nitrogens with one attached hydrogen (secondary N) is 4. The number of urea groups is 1. The van der Waals surface area contributed by atoms with Crippen molar-refractivity contribution in [3.63, 3.8) is 0 Å². The van der Waals surface area contributed by atoms with Crippen LogP contribution >= 0.6 is 0 Å². The number of hydrazone groups is 2. The summed E-state index contributed by atoms with van der Waals surface area (Å²) in [7, 11) is -10.4. The van der Waals surface area contributed by atoms with E-state index in [0.717, 1.165) is 60.7 Å². The smallest absolute Gasteiger partial charge is 0.335 e. The van der Waals surface area contributed by atoms with Crippen molar-refractivity contribution in [2.75, 3.05) is 21.5 Å². The van der Waals surface area contributed by atoms with Crippen LogP contribution in [0.15, 0.2) is 92.8 Å². The third-order valence-electron chi connectivity index (χ3n) is 8.58. The minimum atomic E-state index is -5.18. The zero-order valence-electron chi connectivity index (χ0n) is 30.5. The minimum Gasteiger partial charge on any atom is -0.478 e. The molecule has 4 aromatic carbocycles. The van der Waals surface area contributed by atoms with Crippen LogP contribution in [0.4, 0.5) is 27.5 Å². The van der Waals surface area contributed by atoms with E-state index in [1.54, 1.807) is 0 Å². The van der Waals surface area contributed by atoms with Crippen molar-refractivity contribution in [2.45, 2.75) is 0 Å². The maximum atomic E-state index is 13.4. The Bertz CT molecular complexity index is 2830. The van der Waals surface area contributed by atoms with Gasteiger partial charge in [-0.25, -0.2) is 24.0 Å². The standard InChI is InChI=1S/C37H24N6O17S2/c44-31-25-3-1-21(7-15(25)13-27(61(55,56)57)29(31)42-40-23-9-17(33(46)47)5-18(10-23)34(48)49)38-37(54)39-22-2-4-26-16(8-22)14-28(62(58,59)60)30(32(26)45)43-41-24-11-19(35(50)51)6-20(12-24)36(52)53/h1-14,40-41H,(H,46,47)(H,48,49)(H,50,51)(H,52,53)(H2,38,39,54)(H,55,56,57)(H,58,59,60)/b42-29-,43-30-. The number of amides is 2. The molecule has 6 rings (SSSR count). The quantitative estimate of drug-likeness (QED) is 0.0712. The first kappa shape index (κ1) is 43.2. The van der Waals surface area contributed by atoms with Gasteiger partial charge in [0.2, 0.25) is 11.6 Å². The van der Waals surface area contributed by atoms with E-state index in [9.17, 15) is 79.9 Å². The second kappa shape index (κ2) is 16.3. The second-order valence-electron chi connectivity index (χ2n) is 12.8. The van der Waals surface area contributed by atoms with E-state index in [4.69, 9.17) is 0 Å². The summed E-state index contributed by atoms with van der Waals surface area (Å²) >= 11 is 0. The van der Waals surface area contributed by atoms with Gasteiger partial charge in [0.15, 0.2) is 11.4 Å². The Morgan fingerprint density at radius 3 is 1.08 bits per heavy atom. The number of nitrogens with zero attached hydrogens (tertiary/aromatic N) is 2. The summed E-state index contributed by atoms with van der Waals surface area (Å²) in [5.74, 6) is -8.14. The molecule has 0 atom stereocenters. The van der Waals surface area contributed by atoms with Crippen LogP contribution in [0.25, 0.3) is 12.2 Å². The lowest BCUT2D eigenvalue weighted by Gasteiger charge is -2.18. The molecule has 0 aliphatic heterocycles. The van der Waals surface area contributed by atoms with Gasteiger partial charge in [-0.3, -0.25) is 29.5 Å². The molecule has 0 radical (unpaired) electrons. The molecule has 62 heavy (non-hydrogen) atoms. The molecule has 0 saturated heterocycles. The number of rotatable bonds is 12. The Morgan fingerprint density at radius 2 is 0.790 bits per heavy atom. The molecule has 2 amide bonds. The maximum Gasteiger partial charge on any atom is 0.335 e. The number of carbonyl (C=O) groups excluding carboxylic acids is 3. The Labute approximate surface area is 345 Å². The summed E-state index contributed by atoms with van der Waals surface area (Å²) in [6, 6.07) is 11.7. The van der Waals surface area contributed by atoms with Crippen LogP contribution in [0.3, 0.4) is 0 Å². The molecule has 2 aliphatic rings. The van der Waals surface area contributed by atoms with Gasteiger partial charge in [0.1, 0.15) is 9.81 Å². The number of aromatic carboxylic acids is 4. The number of allylic oxidation sites excluding steroid dienone is 2. The van der Waals surface area contributed by atoms with E-state index < -0.39 is 105 Å². The Kier molecular flexibility index (Phi) is 11.4. The molecular formula is C37H24N6O17S2. The number of carbonyl (C=O) groups is 7. The van der Waals surface area contributed by atoms with E-state index in [0.29, 0.717) is 0 Å². The Hall–Kier alpha value is -8.39. The molecule has 0 heterocycles. The number of Topliss-reactive ketones (excluding diaryl/α,β-unsaturated/α-hetero) is 2. The number of hydrogen-bond donors (Lipinski definition) is 10. The molecule has 23 nitrogen and oxygen atoms in total. The molecule has 316 valence electrons. The molecule has 0 aromatic heterocycles. The van der Waals surface area contributed by atoms with Gasteiger partial charge in [0.25, 0.3) is 20.2 Å². The highest BCUT2D eigenvalue weighted by Crippen LogP contribution is 2.31. The van der Waals surface area contributed by atoms with Crippen LogP contribution in [0, 0.1) is 0 Å². The zero-order chi connectivity index (χ0) is 45.4. The van der Waals surface area contributed by atoms with Crippen molar-refractivity contribution in [1.82, 2.24) is 0 Å². The van der Waals surface area contributed by atoms with E-state index >= 15 is 0 Å². The lowest BCUT2D eigenvalue weighted by molar-refractivity contribution is 0.0676. The van der Waals surface area contributed by atoms with Crippen LogP contribution < -0.4 is 21.5 Å². The lowest BCUT2D eigenvalue weighted by atomic mass is 9.94. The van der Waals surface area contributed by atoms with E-state index in [1.165, 1.54) is 24.3 Å². The van der Waals surface area contributed by atoms with Gasteiger partial charge in [0.05, 0.1) is 33.6 Å². The summed E-state index contributed by atoms with van der Waals surface area (Å²) in [4.78, 5) is 83.8. The van der Waals surface area contributed by atoms with Crippen LogP contribution in [0.5, 0.6) is 0 Å². The number of hydrogen-bond acceptors (Lipinski definition) is 15. The number of carboxylic acid groups (broad SMARTS) is 4. The lowest BCUT2D eigenvalue weighted by Crippen LogP contribution is -2.27. The van der Waals surface area contributed by atoms with Crippen molar-refractivity contribution in [1.29, 1.82) is 0 Å². The Balaban J connectivity index is 1.23. The molecule has 0 fully saturated rings. The van der Waals surface area contributed by atoms with Gasteiger partial charge in [-0.05, 0) is 96.1 Å². The minimum absolute atomic E-state index is 0.0374. The molecule has 0 bridgehead atoms. The summed E-state index contributed by atoms with van der Waals surface area (Å²) in [5, 5.41) is 49.6. The third-order valence-corrected chi connectivity index (χ3v) is 10.3. The average Bonchev–Trinajstić information content (AvgIpc) is 3.18. The highest BCUT2D eigenvalue weighted by atomic mass is 32.2. The van der Waals surface area contributed by atoms with Crippen LogP contribution in [0.2, 0.25) is 0 Å². The molecule has 4 aromatic rings. The van der Waals surface area contributed by atoms with E-state index in [1.807, 2.05) is 0 Å². The maximum absolute atomic E-state index is 13.4. The number of ketones is 2. The third kappa shape index (κ3) is 9.24. The highest BCUT2D eigenvalue weighted by Gasteiger charge is 2.35. The van der Waals surface area contributed by atoms with Crippen molar-refractivity contribution >= 4 is 108 Å². The fourth-order valence-corrected chi connectivity index (χ4v) is 7.17. The topological polar surface area (TPSA) is 382 Å². The number of carboxylic acids is 4. The largest absolute Gasteiger partial charge is 0.478 e. The van der Waals surface area contributed by atoms with Crippen LogP contribution in [0.1, 0.15) is 73.3 Å². The normalized spacial score (nSPS) is 14.8. The monoisotopic (exact) mass is 888 g/mol. The second-order valence-corrected chi connectivity index (χ2v) is 15.6. The van der Waals surface area contributed by atoms with Crippen molar-refractivity contribution < 1.29 is 79.9 Å². The van der Waals surface area contributed by atoms with E-state index in [2.05, 4.69) is 31.7 Å². The number of anilines is 4. The number of benzene rings is 4. The summed E-state index contributed by atoms with van der Waals surface area (Å²) in [6.07, 6.45) is 1.69. The van der Waals surface area contributed by atoms with Gasteiger partial charge in [-0.15, -0.1) is 0 Å². The predicted molar refractivity (Wildman–Crippen MR) is 216 cm³/mol. The van der Waals surface area contributed by atoms with Gasteiger partial charge >= 0.3 is 29.9 Å². The summed E-state index contributed by atoms with van der Waals surface area (Å²) in [6.45, 7) is 0. The summed E-state index contributed by atoms with van der Waals surface area (Å²) < 4.78 is 69.4. The Morgan fingerprint density at radius 1 is 0.468 bits per heavy atom. The predicted octanol–water partition coefficient (Wildman–Crippen LogP) is 3.91. The van der Waals surface area contributed by atoms with Crippen molar-refractivity contribution in [3.8, 4) is 0 Å². The van der Waals surface area contributed by atoms with Gasteiger partial charge < -0.3 is 31.1 Å². The van der Waals surface area contributed by atoms with Gasteiger partial charge in [-0.1, -0.05) is 0 Å². The van der Waals surface area contributed by atoms with Crippen LogP contribution in [-0.2, 0) is 20.2 Å². The van der Waals surface area contributed by atoms with Crippen LogP contribution in [-0.4, -0.2) is 99.3 Å². The molecule has 25 heteroatoms. The SMILES string of the molecule is O=C(Nc1ccc2c(c1)C=C(S(=O)(=O)O)/C(=N/Nc1cc(C(=O)O)cc(C(=O)O)c1)C2=O)Nc1ccc2c(c1)C=C(S(=O)(=O)O)/C(=N/Nc1cc(C(=O)O)cc(C(=O)O)c1)C2=O. The highest BCUT2D eigenvalue weighted by molar-refractivity contribution is 7.91. The molecule has 10 N–H and O–H groups in total. The molecule has 0 spiro atoms. The first-order chi connectivity index (χ1) is 29.0. The molecule has 0 saturated carbocycles. The summed E-state index contributed by atoms with van der Waals surface area (Å²) in [5.41, 5.74) is -0.364. The first-order valence-corrected chi connectivity index (χ1v) is 19.6. The fourth-order valence-electron chi connectivity index (χ4n) is 5.85. The zero-order valence-corrected chi connectivity index (χ0v) is 32.1. The first-order valence-electron chi connectivity index (χ1n) is 16.8. The van der Waals surface area contributed by atoms with Crippen molar-refractivity contribution in [2.24, 2.45) is 10.2 Å². The molecule has 0 unspecified atom stereocenters. The van der Waals surface area contributed by atoms with Crippen molar-refractivity contribution in [3.05, 3.63) is 127 Å². The van der Waals surface area contributed by atoms with Gasteiger partial charge in [-0.2, -0.15) is 27.0 Å². The number of fused-ring (bicyclic) bond motifs is 2. The average molecular weight is 889 g/mol. The molecular weight excluding hydrogens is 865 g/mol. The molecule has 2 aliphatic carbocycles. The van der Waals surface area contributed by atoms with E-state index in [-0.39, 0.29) is 45.0 Å². The van der Waals surface area contributed by atoms with Gasteiger partial charge in [0, 0.05) is 22.5 Å².